The Kier molecular flexibility index (Phi) is 4.75. The maximum Gasteiger partial charge on any atom is 0.224 e. The number of nitrogens with zero attached hydrogens (tertiary/aromatic N) is 3. The minimum atomic E-state index is 0.0922. The zero-order valence-electron chi connectivity index (χ0n) is 10.4. The van der Waals surface area contributed by atoms with E-state index >= 15 is 0 Å². The van der Waals surface area contributed by atoms with Gasteiger partial charge in [-0.05, 0) is 11.6 Å². The van der Waals surface area contributed by atoms with Crippen LogP contribution in [0.1, 0.15) is 6.42 Å². The lowest BCUT2D eigenvalue weighted by Gasteiger charge is -2.26. The summed E-state index contributed by atoms with van der Waals surface area (Å²) in [6.07, 6.45) is 1.81. The van der Waals surface area contributed by atoms with Gasteiger partial charge in [0.1, 0.15) is 0 Å². The van der Waals surface area contributed by atoms with E-state index in [2.05, 4.69) is 15.3 Å². The molecule has 0 aromatic carbocycles. The van der Waals surface area contributed by atoms with Gasteiger partial charge in [-0.3, -0.25) is 4.79 Å². The summed E-state index contributed by atoms with van der Waals surface area (Å²) in [4.78, 5) is 21.4. The normalized spacial score (nSPS) is 15.3. The van der Waals surface area contributed by atoms with E-state index in [1.165, 1.54) is 6.20 Å². The second-order valence-electron chi connectivity index (χ2n) is 4.11. The number of carbonyl (C=O) groups excluding carboxylic acids is 1. The Labute approximate surface area is 116 Å². The molecule has 0 bridgehead atoms. The largest absolute Gasteiger partial charge is 0.394 e. The van der Waals surface area contributed by atoms with Crippen LogP contribution in [0.3, 0.4) is 0 Å². The molecule has 104 valence electrons. The lowest BCUT2D eigenvalue weighted by Crippen LogP contribution is -2.41. The van der Waals surface area contributed by atoms with Crippen LogP contribution in [0.4, 0.5) is 11.5 Å². The number of hydrogen-bond donors (Lipinski definition) is 2. The Balaban J connectivity index is 1.79. The number of nitrogens with one attached hydrogen (secondary N) is 1. The van der Waals surface area contributed by atoms with Crippen LogP contribution in [0.2, 0.25) is 5.28 Å². The zero-order valence-corrected chi connectivity index (χ0v) is 11.2. The van der Waals surface area contributed by atoms with Gasteiger partial charge < -0.3 is 20.7 Å². The molecule has 1 aromatic rings. The molecule has 1 aliphatic heterocycles. The third-order valence-corrected chi connectivity index (χ3v) is 2.96. The molecule has 0 atom stereocenters. The molecule has 1 saturated heterocycles. The molecule has 19 heavy (non-hydrogen) atoms. The third-order valence-electron chi connectivity index (χ3n) is 2.78. The standard InChI is InChI=1S/C11H16ClN5O2/c12-11-15-7-8(13)10(16-11)14-2-1-9(18)17-3-5-19-6-4-17/h7H,1-6,13H2,(H,14,15,16). The van der Waals surface area contributed by atoms with Crippen molar-refractivity contribution in [2.45, 2.75) is 6.42 Å². The second kappa shape index (κ2) is 6.53. The summed E-state index contributed by atoms with van der Waals surface area (Å²) in [5.41, 5.74) is 6.10. The van der Waals surface area contributed by atoms with Gasteiger partial charge in [-0.25, -0.2) is 4.98 Å². The minimum Gasteiger partial charge on any atom is -0.394 e. The molecule has 1 amide bonds. The van der Waals surface area contributed by atoms with Crippen molar-refractivity contribution in [2.24, 2.45) is 0 Å². The molecule has 2 rings (SSSR count). The van der Waals surface area contributed by atoms with E-state index in [-0.39, 0.29) is 11.2 Å². The predicted molar refractivity (Wildman–Crippen MR) is 72.0 cm³/mol. The van der Waals surface area contributed by atoms with Crippen molar-refractivity contribution in [3.63, 3.8) is 0 Å². The number of halogens is 1. The summed E-state index contributed by atoms with van der Waals surface area (Å²) in [7, 11) is 0. The maximum absolute atomic E-state index is 11.9. The first-order valence-corrected chi connectivity index (χ1v) is 6.42. The molecule has 0 saturated carbocycles. The van der Waals surface area contributed by atoms with Gasteiger partial charge in [0, 0.05) is 26.1 Å². The second-order valence-corrected chi connectivity index (χ2v) is 4.45. The van der Waals surface area contributed by atoms with E-state index in [4.69, 9.17) is 22.1 Å². The number of amides is 1. The lowest BCUT2D eigenvalue weighted by atomic mass is 10.3. The van der Waals surface area contributed by atoms with Crippen molar-refractivity contribution < 1.29 is 9.53 Å². The molecule has 3 N–H and O–H groups in total. The van der Waals surface area contributed by atoms with Crippen molar-refractivity contribution in [1.29, 1.82) is 0 Å². The van der Waals surface area contributed by atoms with Crippen LogP contribution < -0.4 is 11.1 Å². The van der Waals surface area contributed by atoms with Crippen LogP contribution in [0, 0.1) is 0 Å². The average Bonchev–Trinajstić information content (AvgIpc) is 2.43. The van der Waals surface area contributed by atoms with Crippen molar-refractivity contribution in [2.75, 3.05) is 43.9 Å². The van der Waals surface area contributed by atoms with Crippen LogP contribution >= 0.6 is 11.6 Å². The van der Waals surface area contributed by atoms with Gasteiger partial charge in [-0.15, -0.1) is 0 Å². The summed E-state index contributed by atoms with van der Waals surface area (Å²) < 4.78 is 5.19. The van der Waals surface area contributed by atoms with Crippen molar-refractivity contribution >= 4 is 29.0 Å². The van der Waals surface area contributed by atoms with Crippen molar-refractivity contribution in [3.8, 4) is 0 Å². The zero-order chi connectivity index (χ0) is 13.7. The van der Waals surface area contributed by atoms with Gasteiger partial charge in [0.2, 0.25) is 11.2 Å². The molecule has 2 heterocycles. The van der Waals surface area contributed by atoms with Gasteiger partial charge in [0.05, 0.1) is 25.1 Å². The number of morpholine rings is 1. The van der Waals surface area contributed by atoms with E-state index in [9.17, 15) is 4.79 Å². The van der Waals surface area contributed by atoms with Gasteiger partial charge in [-0.1, -0.05) is 0 Å². The monoisotopic (exact) mass is 285 g/mol. The number of anilines is 2. The molecular formula is C11H16ClN5O2. The molecular weight excluding hydrogens is 270 g/mol. The highest BCUT2D eigenvalue weighted by molar-refractivity contribution is 6.28. The summed E-state index contributed by atoms with van der Waals surface area (Å²) in [5.74, 6) is 0.546. The molecule has 7 nitrogen and oxygen atoms in total. The van der Waals surface area contributed by atoms with Crippen molar-refractivity contribution in [3.05, 3.63) is 11.5 Å². The summed E-state index contributed by atoms with van der Waals surface area (Å²) >= 11 is 5.67. The first kappa shape index (κ1) is 13.8. The lowest BCUT2D eigenvalue weighted by molar-refractivity contribution is -0.134. The Morgan fingerprint density at radius 3 is 3.00 bits per heavy atom. The topological polar surface area (TPSA) is 93.4 Å². The number of carbonyl (C=O) groups is 1. The summed E-state index contributed by atoms with van der Waals surface area (Å²) in [6, 6.07) is 0. The van der Waals surface area contributed by atoms with Crippen LogP contribution in [-0.2, 0) is 9.53 Å². The minimum absolute atomic E-state index is 0.0922. The molecule has 1 aliphatic rings. The predicted octanol–water partition coefficient (Wildman–Crippen LogP) is 0.373. The van der Waals surface area contributed by atoms with Crippen molar-refractivity contribution in [1.82, 2.24) is 14.9 Å². The molecule has 1 aromatic heterocycles. The number of hydrogen-bond acceptors (Lipinski definition) is 6. The Morgan fingerprint density at radius 1 is 1.53 bits per heavy atom. The van der Waals surface area contributed by atoms with Crippen LogP contribution in [0.25, 0.3) is 0 Å². The van der Waals surface area contributed by atoms with Crippen LogP contribution in [0.5, 0.6) is 0 Å². The molecule has 1 fully saturated rings. The highest BCUT2D eigenvalue weighted by atomic mass is 35.5. The molecule has 0 unspecified atom stereocenters. The highest BCUT2D eigenvalue weighted by Crippen LogP contribution is 2.15. The quantitative estimate of drug-likeness (QED) is 0.777. The average molecular weight is 286 g/mol. The van der Waals surface area contributed by atoms with E-state index in [1.54, 1.807) is 4.90 Å². The Hall–Kier alpha value is -1.60. The van der Waals surface area contributed by atoms with E-state index in [1.807, 2.05) is 0 Å². The first-order valence-electron chi connectivity index (χ1n) is 6.04. The fourth-order valence-electron chi connectivity index (χ4n) is 1.77. The molecule has 0 radical (unpaired) electrons. The molecule has 0 spiro atoms. The first-order chi connectivity index (χ1) is 9.16. The van der Waals surface area contributed by atoms with Gasteiger partial charge in [0.25, 0.3) is 0 Å². The van der Waals surface area contributed by atoms with Crippen LogP contribution in [0.15, 0.2) is 6.20 Å². The fourth-order valence-corrected chi connectivity index (χ4v) is 1.90. The SMILES string of the molecule is Nc1cnc(Cl)nc1NCCC(=O)N1CCOCC1. The van der Waals surface area contributed by atoms with E-state index < -0.39 is 0 Å². The highest BCUT2D eigenvalue weighted by Gasteiger charge is 2.16. The molecule has 0 aliphatic carbocycles. The fraction of sp³-hybridized carbons (Fsp3) is 0.545. The maximum atomic E-state index is 11.9. The van der Waals surface area contributed by atoms with Gasteiger partial charge >= 0.3 is 0 Å². The number of ether oxygens (including phenoxy) is 1. The number of rotatable bonds is 4. The van der Waals surface area contributed by atoms with Gasteiger partial charge in [-0.2, -0.15) is 4.98 Å². The van der Waals surface area contributed by atoms with Gasteiger partial charge in [0.15, 0.2) is 5.82 Å². The third kappa shape index (κ3) is 3.93. The Morgan fingerprint density at radius 2 is 2.26 bits per heavy atom. The number of aromatic nitrogens is 2. The van der Waals surface area contributed by atoms with Crippen LogP contribution in [-0.4, -0.2) is 53.6 Å². The smallest absolute Gasteiger partial charge is 0.224 e. The Bertz CT molecular complexity index is 451. The molecule has 8 heteroatoms. The summed E-state index contributed by atoms with van der Waals surface area (Å²) in [6.45, 7) is 2.97. The number of nitrogens with two attached hydrogens (primary N) is 1. The van der Waals surface area contributed by atoms with E-state index in [0.717, 1.165) is 0 Å². The number of nitrogen functional groups attached to an aromatic ring is 1. The summed E-state index contributed by atoms with van der Waals surface area (Å²) in [5, 5.41) is 3.11. The van der Waals surface area contributed by atoms with E-state index in [0.29, 0.717) is 50.8 Å².